The Balaban J connectivity index is 1.74. The van der Waals surface area contributed by atoms with Crippen LogP contribution in [0.15, 0.2) is 30.3 Å². The molecule has 0 spiro atoms. The van der Waals surface area contributed by atoms with Gasteiger partial charge in [0.05, 0.1) is 5.25 Å². The number of benzene rings is 1. The van der Waals surface area contributed by atoms with Gasteiger partial charge < -0.3 is 0 Å². The number of nitrogens with zero attached hydrogens (tertiary/aromatic N) is 1. The van der Waals surface area contributed by atoms with Gasteiger partial charge in [0.1, 0.15) is 0 Å². The summed E-state index contributed by atoms with van der Waals surface area (Å²) in [4.78, 5) is 0. The predicted octanol–water partition coefficient (Wildman–Crippen LogP) is 1.97. The van der Waals surface area contributed by atoms with Crippen molar-refractivity contribution in [2.24, 2.45) is 0 Å². The smallest absolute Gasteiger partial charge is 0.212 e. The van der Waals surface area contributed by atoms with E-state index in [1.54, 1.807) is 4.31 Å². The summed E-state index contributed by atoms with van der Waals surface area (Å²) in [5.74, 6) is 0.379. The van der Waals surface area contributed by atoms with Gasteiger partial charge in [0, 0.05) is 13.1 Å². The van der Waals surface area contributed by atoms with Crippen molar-refractivity contribution < 1.29 is 8.42 Å². The molecule has 1 aromatic rings. The van der Waals surface area contributed by atoms with Crippen molar-refractivity contribution >= 4 is 10.0 Å². The fourth-order valence-electron chi connectivity index (χ4n) is 2.53. The number of sulfonamides is 1. The van der Waals surface area contributed by atoms with Gasteiger partial charge in [-0.05, 0) is 30.7 Å². The lowest BCUT2D eigenvalue weighted by Crippen LogP contribution is -2.31. The van der Waals surface area contributed by atoms with Gasteiger partial charge in [-0.25, -0.2) is 12.7 Å². The Kier molecular flexibility index (Phi) is 2.71. The molecule has 4 heteroatoms. The van der Waals surface area contributed by atoms with Gasteiger partial charge >= 0.3 is 0 Å². The fourth-order valence-corrected chi connectivity index (χ4v) is 4.43. The van der Waals surface area contributed by atoms with Crippen LogP contribution in [-0.2, 0) is 10.0 Å². The van der Waals surface area contributed by atoms with Crippen LogP contribution in [0.1, 0.15) is 30.7 Å². The number of hydrogen-bond acceptors (Lipinski definition) is 2. The van der Waals surface area contributed by atoms with Gasteiger partial charge in [-0.15, -0.1) is 0 Å². The zero-order valence-corrected chi connectivity index (χ0v) is 10.6. The molecule has 0 radical (unpaired) electrons. The van der Waals surface area contributed by atoms with Crippen LogP contribution in [0, 0.1) is 0 Å². The lowest BCUT2D eigenvalue weighted by Gasteiger charge is -2.16. The zero-order valence-electron chi connectivity index (χ0n) is 9.75. The highest BCUT2D eigenvalue weighted by Gasteiger charge is 2.42. The van der Waals surface area contributed by atoms with Crippen molar-refractivity contribution in [3.8, 4) is 0 Å². The summed E-state index contributed by atoms with van der Waals surface area (Å²) in [6.45, 7) is 1.36. The highest BCUT2D eigenvalue weighted by Crippen LogP contribution is 2.36. The molecule has 1 saturated carbocycles. The first-order chi connectivity index (χ1) is 8.18. The van der Waals surface area contributed by atoms with E-state index < -0.39 is 10.0 Å². The van der Waals surface area contributed by atoms with E-state index in [1.165, 1.54) is 5.56 Å². The van der Waals surface area contributed by atoms with Gasteiger partial charge in [0.25, 0.3) is 0 Å². The van der Waals surface area contributed by atoms with Crippen LogP contribution in [0.25, 0.3) is 0 Å². The van der Waals surface area contributed by atoms with Gasteiger partial charge in [-0.2, -0.15) is 0 Å². The third kappa shape index (κ3) is 2.11. The molecule has 0 aromatic heterocycles. The molecule has 0 unspecified atom stereocenters. The van der Waals surface area contributed by atoms with E-state index in [0.717, 1.165) is 19.3 Å². The lowest BCUT2D eigenvalue weighted by molar-refractivity contribution is 0.471. The molecule has 0 bridgehead atoms. The molecule has 1 saturated heterocycles. The van der Waals surface area contributed by atoms with Crippen LogP contribution >= 0.6 is 0 Å². The van der Waals surface area contributed by atoms with Crippen molar-refractivity contribution in [2.75, 3.05) is 13.1 Å². The van der Waals surface area contributed by atoms with Gasteiger partial charge in [0.2, 0.25) is 10.0 Å². The largest absolute Gasteiger partial charge is 0.217 e. The topological polar surface area (TPSA) is 37.4 Å². The van der Waals surface area contributed by atoms with E-state index in [9.17, 15) is 8.42 Å². The van der Waals surface area contributed by atoms with E-state index in [1.807, 2.05) is 18.2 Å². The average Bonchev–Trinajstić information content (AvgIpc) is 3.08. The summed E-state index contributed by atoms with van der Waals surface area (Å²) in [7, 11) is -2.97. The van der Waals surface area contributed by atoms with Crippen molar-refractivity contribution in [3.05, 3.63) is 35.9 Å². The van der Waals surface area contributed by atoms with E-state index in [4.69, 9.17) is 0 Å². The maximum absolute atomic E-state index is 12.1. The first kappa shape index (κ1) is 11.2. The molecule has 1 aromatic carbocycles. The molecule has 3 rings (SSSR count). The van der Waals surface area contributed by atoms with Crippen LogP contribution < -0.4 is 0 Å². The minimum atomic E-state index is -2.97. The first-order valence-electron chi connectivity index (χ1n) is 6.22. The maximum Gasteiger partial charge on any atom is 0.217 e. The van der Waals surface area contributed by atoms with E-state index in [2.05, 4.69) is 12.1 Å². The molecule has 1 heterocycles. The molecule has 1 aliphatic heterocycles. The van der Waals surface area contributed by atoms with Crippen LogP contribution in [0.2, 0.25) is 0 Å². The Labute approximate surface area is 102 Å². The number of hydrogen-bond donors (Lipinski definition) is 0. The molecule has 92 valence electrons. The van der Waals surface area contributed by atoms with Crippen LogP contribution in [0.3, 0.4) is 0 Å². The zero-order chi connectivity index (χ0) is 11.9. The Morgan fingerprint density at radius 2 is 1.76 bits per heavy atom. The second kappa shape index (κ2) is 4.10. The highest BCUT2D eigenvalue weighted by molar-refractivity contribution is 7.90. The molecule has 1 aliphatic carbocycles. The second-order valence-corrected chi connectivity index (χ2v) is 7.21. The van der Waals surface area contributed by atoms with Crippen LogP contribution in [0.4, 0.5) is 0 Å². The Hall–Kier alpha value is -0.870. The van der Waals surface area contributed by atoms with Crippen LogP contribution in [0.5, 0.6) is 0 Å². The number of rotatable bonds is 3. The first-order valence-corrected chi connectivity index (χ1v) is 7.72. The molecule has 17 heavy (non-hydrogen) atoms. The molecule has 0 amide bonds. The summed E-state index contributed by atoms with van der Waals surface area (Å²) >= 11 is 0. The van der Waals surface area contributed by atoms with Crippen molar-refractivity contribution in [1.82, 2.24) is 4.31 Å². The highest BCUT2D eigenvalue weighted by atomic mass is 32.2. The lowest BCUT2D eigenvalue weighted by atomic mass is 9.99. The van der Waals surface area contributed by atoms with E-state index >= 15 is 0 Å². The van der Waals surface area contributed by atoms with Crippen molar-refractivity contribution in [3.63, 3.8) is 0 Å². The summed E-state index contributed by atoms with van der Waals surface area (Å²) in [6.07, 6.45) is 2.67. The summed E-state index contributed by atoms with van der Waals surface area (Å²) in [5, 5.41) is -0.0722. The van der Waals surface area contributed by atoms with E-state index in [0.29, 0.717) is 19.0 Å². The standard InChI is InChI=1S/C13H17NO2S/c15-17(16,13-6-7-13)14-9-8-12(10-14)11-4-2-1-3-5-11/h1-5,12-13H,6-10H2/t12-/m0/s1. The Morgan fingerprint density at radius 1 is 1.06 bits per heavy atom. The maximum atomic E-state index is 12.1. The molecule has 0 N–H and O–H groups in total. The quantitative estimate of drug-likeness (QED) is 0.823. The third-order valence-corrected chi connectivity index (χ3v) is 6.09. The van der Waals surface area contributed by atoms with Gasteiger partial charge in [0.15, 0.2) is 0 Å². The molecule has 1 atom stereocenters. The molecular formula is C13H17NO2S. The fraction of sp³-hybridized carbons (Fsp3) is 0.538. The van der Waals surface area contributed by atoms with Crippen LogP contribution in [-0.4, -0.2) is 31.1 Å². The van der Waals surface area contributed by atoms with Gasteiger partial charge in [-0.3, -0.25) is 0 Å². The summed E-state index contributed by atoms with van der Waals surface area (Å²) in [6, 6.07) is 10.2. The SMILES string of the molecule is O=S(=O)(C1CC1)N1CC[C@H](c2ccccc2)C1. The monoisotopic (exact) mass is 251 g/mol. The van der Waals surface area contributed by atoms with Crippen molar-refractivity contribution in [2.45, 2.75) is 30.4 Å². The second-order valence-electron chi connectivity index (χ2n) is 5.00. The molecular weight excluding hydrogens is 234 g/mol. The predicted molar refractivity (Wildman–Crippen MR) is 67.3 cm³/mol. The normalized spacial score (nSPS) is 26.2. The molecule has 3 nitrogen and oxygen atoms in total. The minimum absolute atomic E-state index is 0.0722. The molecule has 2 fully saturated rings. The average molecular weight is 251 g/mol. The Bertz CT molecular complexity index is 493. The minimum Gasteiger partial charge on any atom is -0.212 e. The third-order valence-electron chi connectivity index (χ3n) is 3.73. The summed E-state index contributed by atoms with van der Waals surface area (Å²) < 4.78 is 25.9. The molecule has 2 aliphatic rings. The Morgan fingerprint density at radius 3 is 2.41 bits per heavy atom. The van der Waals surface area contributed by atoms with E-state index in [-0.39, 0.29) is 5.25 Å². The van der Waals surface area contributed by atoms with Crippen molar-refractivity contribution in [1.29, 1.82) is 0 Å². The summed E-state index contributed by atoms with van der Waals surface area (Å²) in [5.41, 5.74) is 1.26. The van der Waals surface area contributed by atoms with Gasteiger partial charge in [-0.1, -0.05) is 30.3 Å².